The van der Waals surface area contributed by atoms with Crippen molar-refractivity contribution in [3.8, 4) is 0 Å². The molecule has 0 unspecified atom stereocenters. The number of aliphatic carboxylic acids is 1. The first kappa shape index (κ1) is 12.0. The lowest BCUT2D eigenvalue weighted by Gasteiger charge is -2.28. The van der Waals surface area contributed by atoms with Crippen LogP contribution in [0.25, 0.3) is 0 Å². The summed E-state index contributed by atoms with van der Waals surface area (Å²) in [4.78, 5) is 24.4. The van der Waals surface area contributed by atoms with E-state index in [9.17, 15) is 9.59 Å². The molecule has 0 aromatic rings. The van der Waals surface area contributed by atoms with Gasteiger partial charge in [0.25, 0.3) is 0 Å². The number of rotatable bonds is 3. The van der Waals surface area contributed by atoms with Gasteiger partial charge in [0.1, 0.15) is 5.41 Å². The number of hydrogen-bond donors (Lipinski definition) is 1. The van der Waals surface area contributed by atoms with Gasteiger partial charge in [-0.1, -0.05) is 20.8 Å². The summed E-state index contributed by atoms with van der Waals surface area (Å²) in [6, 6.07) is 0. The molecule has 0 aromatic carbocycles. The van der Waals surface area contributed by atoms with E-state index in [0.29, 0.717) is 19.4 Å². The van der Waals surface area contributed by atoms with Gasteiger partial charge in [0.2, 0.25) is 5.91 Å². The molecule has 1 rings (SSSR count). The van der Waals surface area contributed by atoms with Crippen LogP contribution in [-0.2, 0) is 9.59 Å². The Morgan fingerprint density at radius 2 is 1.80 bits per heavy atom. The lowest BCUT2D eigenvalue weighted by Crippen LogP contribution is -2.42. The van der Waals surface area contributed by atoms with Crippen molar-refractivity contribution in [2.75, 3.05) is 13.6 Å². The molecule has 86 valence electrons. The summed E-state index contributed by atoms with van der Waals surface area (Å²) in [6.07, 6.45) is 0.964. The van der Waals surface area contributed by atoms with Crippen LogP contribution in [0.2, 0.25) is 0 Å². The maximum atomic E-state index is 11.9. The second-order valence-corrected chi connectivity index (χ2v) is 5.61. The van der Waals surface area contributed by atoms with E-state index in [0.717, 1.165) is 0 Å². The van der Waals surface area contributed by atoms with Crippen molar-refractivity contribution in [3.05, 3.63) is 0 Å². The minimum atomic E-state index is -1.10. The van der Waals surface area contributed by atoms with Gasteiger partial charge in [-0.3, -0.25) is 9.59 Å². The Kier molecular flexibility index (Phi) is 2.81. The van der Waals surface area contributed by atoms with E-state index in [2.05, 4.69) is 0 Å². The van der Waals surface area contributed by atoms with Crippen molar-refractivity contribution >= 4 is 11.9 Å². The second kappa shape index (κ2) is 3.51. The van der Waals surface area contributed by atoms with Crippen LogP contribution in [-0.4, -0.2) is 35.5 Å². The number of carboxylic acids is 1. The molecule has 15 heavy (non-hydrogen) atoms. The van der Waals surface area contributed by atoms with Gasteiger partial charge in [-0.15, -0.1) is 0 Å². The van der Waals surface area contributed by atoms with Gasteiger partial charge in [-0.05, 0) is 18.3 Å². The number of carboxylic acid groups (broad SMARTS) is 1. The fraction of sp³-hybridized carbons (Fsp3) is 0.818. The Morgan fingerprint density at radius 1 is 1.33 bits per heavy atom. The summed E-state index contributed by atoms with van der Waals surface area (Å²) < 4.78 is 0. The van der Waals surface area contributed by atoms with E-state index in [1.165, 1.54) is 0 Å². The molecule has 0 aliphatic heterocycles. The lowest BCUT2D eigenvalue weighted by atomic mass is 9.95. The van der Waals surface area contributed by atoms with Crippen LogP contribution in [0.15, 0.2) is 0 Å². The summed E-state index contributed by atoms with van der Waals surface area (Å²) in [5.74, 6) is -1.22. The predicted molar refractivity (Wildman–Crippen MR) is 56.4 cm³/mol. The van der Waals surface area contributed by atoms with Crippen molar-refractivity contribution < 1.29 is 14.7 Å². The van der Waals surface area contributed by atoms with E-state index < -0.39 is 11.4 Å². The van der Waals surface area contributed by atoms with E-state index >= 15 is 0 Å². The molecule has 0 saturated heterocycles. The smallest absolute Gasteiger partial charge is 0.319 e. The van der Waals surface area contributed by atoms with Gasteiger partial charge < -0.3 is 10.0 Å². The third kappa shape index (κ3) is 2.49. The molecular formula is C11H19NO3. The number of carbonyl (C=O) groups is 2. The Labute approximate surface area is 90.3 Å². The third-order valence-corrected chi connectivity index (χ3v) is 2.63. The Balaban J connectivity index is 2.66. The van der Waals surface area contributed by atoms with Gasteiger partial charge in [-0.25, -0.2) is 0 Å². The minimum Gasteiger partial charge on any atom is -0.480 e. The first-order valence-electron chi connectivity index (χ1n) is 5.18. The summed E-state index contributed by atoms with van der Waals surface area (Å²) in [7, 11) is 1.68. The van der Waals surface area contributed by atoms with Gasteiger partial charge in [-0.2, -0.15) is 0 Å². The Bertz CT molecular complexity index is 287. The molecule has 4 heteroatoms. The molecule has 1 fully saturated rings. The first-order valence-corrected chi connectivity index (χ1v) is 5.18. The molecule has 0 aromatic heterocycles. The van der Waals surface area contributed by atoms with Crippen LogP contribution < -0.4 is 0 Å². The van der Waals surface area contributed by atoms with Crippen LogP contribution >= 0.6 is 0 Å². The SMILES string of the molecule is CN(CC(C)(C)C)C(=O)C1(C(=O)O)CC1. The molecule has 4 nitrogen and oxygen atoms in total. The number of amides is 1. The molecule has 1 amide bonds. The first-order chi connectivity index (χ1) is 6.69. The van der Waals surface area contributed by atoms with Crippen molar-refractivity contribution in [2.24, 2.45) is 10.8 Å². The molecule has 1 N–H and O–H groups in total. The molecule has 0 bridgehead atoms. The number of carbonyl (C=O) groups excluding carboxylic acids is 1. The average molecular weight is 213 g/mol. The van der Waals surface area contributed by atoms with Gasteiger partial charge >= 0.3 is 5.97 Å². The largest absolute Gasteiger partial charge is 0.480 e. The number of hydrogen-bond acceptors (Lipinski definition) is 2. The van der Waals surface area contributed by atoms with Crippen molar-refractivity contribution in [1.29, 1.82) is 0 Å². The summed E-state index contributed by atoms with van der Waals surface area (Å²) in [5, 5.41) is 8.97. The number of nitrogens with zero attached hydrogens (tertiary/aromatic N) is 1. The quantitative estimate of drug-likeness (QED) is 0.720. The van der Waals surface area contributed by atoms with E-state index in [4.69, 9.17) is 5.11 Å². The van der Waals surface area contributed by atoms with Crippen molar-refractivity contribution in [1.82, 2.24) is 4.90 Å². The zero-order chi connectivity index (χ0) is 11.9. The minimum absolute atomic E-state index is 0.000999. The van der Waals surface area contributed by atoms with Crippen LogP contribution in [0.4, 0.5) is 0 Å². The van der Waals surface area contributed by atoms with E-state index in [1.54, 1.807) is 11.9 Å². The van der Waals surface area contributed by atoms with Crippen LogP contribution in [0.3, 0.4) is 0 Å². The summed E-state index contributed by atoms with van der Waals surface area (Å²) in [6.45, 7) is 6.66. The highest BCUT2D eigenvalue weighted by Crippen LogP contribution is 2.47. The Morgan fingerprint density at radius 3 is 2.07 bits per heavy atom. The fourth-order valence-corrected chi connectivity index (χ4v) is 1.79. The topological polar surface area (TPSA) is 57.6 Å². The Hall–Kier alpha value is -1.06. The highest BCUT2D eigenvalue weighted by molar-refractivity contribution is 6.04. The molecule has 0 radical (unpaired) electrons. The molecular weight excluding hydrogens is 194 g/mol. The van der Waals surface area contributed by atoms with E-state index in [1.807, 2.05) is 20.8 Å². The van der Waals surface area contributed by atoms with Gasteiger partial charge in [0, 0.05) is 13.6 Å². The van der Waals surface area contributed by atoms with Crippen LogP contribution in [0, 0.1) is 10.8 Å². The van der Waals surface area contributed by atoms with E-state index in [-0.39, 0.29) is 11.3 Å². The molecule has 0 atom stereocenters. The standard InChI is InChI=1S/C11H19NO3/c1-10(2,3)7-12(4)8(13)11(5-6-11)9(14)15/h5-7H2,1-4H3,(H,14,15). The zero-order valence-electron chi connectivity index (χ0n) is 9.83. The van der Waals surface area contributed by atoms with Crippen LogP contribution in [0.1, 0.15) is 33.6 Å². The maximum absolute atomic E-state index is 11.9. The highest BCUT2D eigenvalue weighted by atomic mass is 16.4. The van der Waals surface area contributed by atoms with Crippen LogP contribution in [0.5, 0.6) is 0 Å². The average Bonchev–Trinajstić information content (AvgIpc) is 2.79. The van der Waals surface area contributed by atoms with Gasteiger partial charge in [0.05, 0.1) is 0 Å². The normalized spacial score (nSPS) is 18.4. The fourth-order valence-electron chi connectivity index (χ4n) is 1.79. The van der Waals surface area contributed by atoms with Crippen molar-refractivity contribution in [2.45, 2.75) is 33.6 Å². The lowest BCUT2D eigenvalue weighted by molar-refractivity contribution is -0.153. The summed E-state index contributed by atoms with van der Waals surface area (Å²) in [5.41, 5.74) is -1.10. The molecule has 0 heterocycles. The third-order valence-electron chi connectivity index (χ3n) is 2.63. The molecule has 1 saturated carbocycles. The molecule has 0 spiro atoms. The van der Waals surface area contributed by atoms with Crippen molar-refractivity contribution in [3.63, 3.8) is 0 Å². The zero-order valence-corrected chi connectivity index (χ0v) is 9.83. The molecule has 1 aliphatic rings. The molecule has 1 aliphatic carbocycles. The predicted octanol–water partition coefficient (Wildman–Crippen LogP) is 1.36. The monoisotopic (exact) mass is 213 g/mol. The highest BCUT2D eigenvalue weighted by Gasteiger charge is 2.58. The van der Waals surface area contributed by atoms with Gasteiger partial charge in [0.15, 0.2) is 0 Å². The summed E-state index contributed by atoms with van der Waals surface area (Å²) >= 11 is 0. The second-order valence-electron chi connectivity index (χ2n) is 5.61. The maximum Gasteiger partial charge on any atom is 0.319 e.